The first-order chi connectivity index (χ1) is 13.2. The Balaban J connectivity index is 1.20. The van der Waals surface area contributed by atoms with Crippen LogP contribution in [0.1, 0.15) is 25.7 Å². The summed E-state index contributed by atoms with van der Waals surface area (Å²) >= 11 is 0. The second-order valence-electron chi connectivity index (χ2n) is 8.19. The van der Waals surface area contributed by atoms with E-state index in [-0.39, 0.29) is 5.97 Å². The van der Waals surface area contributed by atoms with E-state index in [9.17, 15) is 4.79 Å². The fourth-order valence-electron chi connectivity index (χ4n) is 4.33. The van der Waals surface area contributed by atoms with Crippen LogP contribution in [0.2, 0.25) is 0 Å². The van der Waals surface area contributed by atoms with Crippen LogP contribution in [0, 0.1) is 0 Å². The van der Waals surface area contributed by atoms with Crippen molar-refractivity contribution in [3.63, 3.8) is 0 Å². The number of hydrogen-bond acceptors (Lipinski definition) is 7. The van der Waals surface area contributed by atoms with Gasteiger partial charge in [0, 0.05) is 58.3 Å². The Morgan fingerprint density at radius 3 is 2.30 bits per heavy atom. The number of piperidine rings is 1. The zero-order valence-electron chi connectivity index (χ0n) is 17.1. The molecule has 0 aromatic rings. The van der Waals surface area contributed by atoms with Gasteiger partial charge in [0.1, 0.15) is 6.61 Å². The molecule has 156 valence electrons. The molecule has 0 aliphatic carbocycles. The van der Waals surface area contributed by atoms with Crippen molar-refractivity contribution in [2.75, 3.05) is 92.3 Å². The van der Waals surface area contributed by atoms with Gasteiger partial charge in [-0.1, -0.05) is 0 Å². The largest absolute Gasteiger partial charge is 0.464 e. The lowest BCUT2D eigenvalue weighted by Gasteiger charge is -2.42. The van der Waals surface area contributed by atoms with E-state index in [2.05, 4.69) is 26.6 Å². The molecule has 3 aliphatic rings. The molecule has 3 saturated heterocycles. The van der Waals surface area contributed by atoms with Crippen LogP contribution in [0.3, 0.4) is 0 Å². The third kappa shape index (κ3) is 7.31. The standard InChI is InChI=1S/C20H38N4O3/c1-21-9-11-24(12-10-21)19-4-7-22(8-5-19)6-2-3-20(25)27-18-15-23-13-16-26-17-14-23/h19H,2-18H2,1H3. The molecule has 0 unspecified atom stereocenters. The van der Waals surface area contributed by atoms with E-state index in [1.165, 1.54) is 52.1 Å². The van der Waals surface area contributed by atoms with E-state index in [1.54, 1.807) is 0 Å². The van der Waals surface area contributed by atoms with Crippen molar-refractivity contribution in [1.82, 2.24) is 19.6 Å². The van der Waals surface area contributed by atoms with Gasteiger partial charge in [0.05, 0.1) is 13.2 Å². The van der Waals surface area contributed by atoms with E-state index < -0.39 is 0 Å². The number of morpholine rings is 1. The lowest BCUT2D eigenvalue weighted by atomic mass is 10.0. The molecule has 0 amide bonds. The third-order valence-electron chi connectivity index (χ3n) is 6.24. The molecule has 3 heterocycles. The van der Waals surface area contributed by atoms with Crippen molar-refractivity contribution in [2.45, 2.75) is 31.7 Å². The number of rotatable bonds is 8. The van der Waals surface area contributed by atoms with Gasteiger partial charge in [0.15, 0.2) is 0 Å². The zero-order valence-corrected chi connectivity index (χ0v) is 17.1. The van der Waals surface area contributed by atoms with Crippen molar-refractivity contribution in [3.8, 4) is 0 Å². The van der Waals surface area contributed by atoms with E-state index in [4.69, 9.17) is 9.47 Å². The zero-order chi connectivity index (χ0) is 18.9. The minimum Gasteiger partial charge on any atom is -0.464 e. The summed E-state index contributed by atoms with van der Waals surface area (Å²) < 4.78 is 10.7. The predicted octanol–water partition coefficient (Wildman–Crippen LogP) is 0.354. The summed E-state index contributed by atoms with van der Waals surface area (Å²) in [5.41, 5.74) is 0. The van der Waals surface area contributed by atoms with Crippen LogP contribution in [0.4, 0.5) is 0 Å². The number of carbonyl (C=O) groups excluding carboxylic acids is 1. The van der Waals surface area contributed by atoms with Crippen LogP contribution >= 0.6 is 0 Å². The first-order valence-corrected chi connectivity index (χ1v) is 10.8. The Kier molecular flexibility index (Phi) is 8.80. The average Bonchev–Trinajstić information content (AvgIpc) is 2.70. The topological polar surface area (TPSA) is 48.5 Å². The molecule has 27 heavy (non-hydrogen) atoms. The van der Waals surface area contributed by atoms with Gasteiger partial charge in [0.2, 0.25) is 0 Å². The maximum absolute atomic E-state index is 11.9. The molecule has 7 heteroatoms. The molecular weight excluding hydrogens is 344 g/mol. The van der Waals surface area contributed by atoms with Gasteiger partial charge in [-0.05, 0) is 45.9 Å². The number of likely N-dealkylation sites (tertiary alicyclic amines) is 1. The Morgan fingerprint density at radius 1 is 0.926 bits per heavy atom. The molecule has 0 atom stereocenters. The molecule has 3 fully saturated rings. The second kappa shape index (κ2) is 11.3. The fraction of sp³-hybridized carbons (Fsp3) is 0.950. The van der Waals surface area contributed by atoms with E-state index in [0.29, 0.717) is 13.0 Å². The number of piperazine rings is 1. The van der Waals surface area contributed by atoms with E-state index in [1.807, 2.05) is 0 Å². The monoisotopic (exact) mass is 382 g/mol. The number of hydrogen-bond donors (Lipinski definition) is 0. The highest BCUT2D eigenvalue weighted by atomic mass is 16.5. The molecule has 0 saturated carbocycles. The Labute approximate surface area is 164 Å². The van der Waals surface area contributed by atoms with Crippen molar-refractivity contribution in [1.29, 1.82) is 0 Å². The highest BCUT2D eigenvalue weighted by molar-refractivity contribution is 5.69. The number of nitrogens with zero attached hydrogens (tertiary/aromatic N) is 4. The summed E-state index contributed by atoms with van der Waals surface area (Å²) in [6.45, 7) is 13.0. The van der Waals surface area contributed by atoms with Gasteiger partial charge in [-0.25, -0.2) is 0 Å². The molecular formula is C20H38N4O3. The van der Waals surface area contributed by atoms with Crippen molar-refractivity contribution in [2.24, 2.45) is 0 Å². The van der Waals surface area contributed by atoms with Gasteiger partial charge in [-0.3, -0.25) is 14.6 Å². The smallest absolute Gasteiger partial charge is 0.305 e. The summed E-state index contributed by atoms with van der Waals surface area (Å²) in [5, 5.41) is 0. The van der Waals surface area contributed by atoms with Gasteiger partial charge in [0.25, 0.3) is 0 Å². The van der Waals surface area contributed by atoms with Crippen LogP contribution in [0.15, 0.2) is 0 Å². The number of ether oxygens (including phenoxy) is 2. The van der Waals surface area contributed by atoms with Crippen molar-refractivity contribution >= 4 is 5.97 Å². The average molecular weight is 383 g/mol. The highest BCUT2D eigenvalue weighted by Gasteiger charge is 2.26. The first kappa shape index (κ1) is 21.0. The SMILES string of the molecule is CN1CCN(C2CCN(CCCC(=O)OCCN3CCOCC3)CC2)CC1. The lowest BCUT2D eigenvalue weighted by Crippen LogP contribution is -2.52. The maximum Gasteiger partial charge on any atom is 0.305 e. The maximum atomic E-state index is 11.9. The van der Waals surface area contributed by atoms with Crippen LogP contribution < -0.4 is 0 Å². The summed E-state index contributed by atoms with van der Waals surface area (Å²) in [6, 6.07) is 0.764. The van der Waals surface area contributed by atoms with E-state index >= 15 is 0 Å². The molecule has 3 aliphatic heterocycles. The van der Waals surface area contributed by atoms with Crippen LogP contribution in [-0.2, 0) is 14.3 Å². The van der Waals surface area contributed by atoms with Gasteiger partial charge in [-0.2, -0.15) is 0 Å². The number of esters is 1. The van der Waals surface area contributed by atoms with E-state index in [0.717, 1.165) is 51.9 Å². The van der Waals surface area contributed by atoms with Crippen LogP contribution in [-0.4, -0.2) is 124 Å². The Bertz CT molecular complexity index is 429. The Hall–Kier alpha value is -0.730. The quantitative estimate of drug-likeness (QED) is 0.562. The van der Waals surface area contributed by atoms with Crippen molar-refractivity contribution < 1.29 is 14.3 Å². The molecule has 0 spiro atoms. The van der Waals surface area contributed by atoms with Gasteiger partial charge >= 0.3 is 5.97 Å². The van der Waals surface area contributed by atoms with Crippen LogP contribution in [0.25, 0.3) is 0 Å². The third-order valence-corrected chi connectivity index (χ3v) is 6.24. The molecule has 0 radical (unpaired) electrons. The van der Waals surface area contributed by atoms with Gasteiger partial charge < -0.3 is 19.3 Å². The number of likely N-dealkylation sites (N-methyl/N-ethyl adjacent to an activating group) is 1. The fourth-order valence-corrected chi connectivity index (χ4v) is 4.33. The minimum absolute atomic E-state index is 0.0458. The van der Waals surface area contributed by atoms with Gasteiger partial charge in [-0.15, -0.1) is 0 Å². The van der Waals surface area contributed by atoms with Crippen molar-refractivity contribution in [3.05, 3.63) is 0 Å². The molecule has 0 N–H and O–H groups in total. The number of carbonyl (C=O) groups is 1. The molecule has 0 aromatic heterocycles. The molecule has 7 nitrogen and oxygen atoms in total. The minimum atomic E-state index is -0.0458. The first-order valence-electron chi connectivity index (χ1n) is 10.8. The second-order valence-corrected chi connectivity index (χ2v) is 8.19. The predicted molar refractivity (Wildman–Crippen MR) is 106 cm³/mol. The molecule has 0 bridgehead atoms. The summed E-state index contributed by atoms with van der Waals surface area (Å²) in [7, 11) is 2.22. The molecule has 3 rings (SSSR count). The van der Waals surface area contributed by atoms with Crippen LogP contribution in [0.5, 0.6) is 0 Å². The Morgan fingerprint density at radius 2 is 1.59 bits per heavy atom. The molecule has 0 aromatic carbocycles. The summed E-state index contributed by atoms with van der Waals surface area (Å²) in [4.78, 5) is 21.8. The summed E-state index contributed by atoms with van der Waals surface area (Å²) in [5.74, 6) is -0.0458. The normalized spacial score (nSPS) is 24.9. The lowest BCUT2D eigenvalue weighted by molar-refractivity contribution is -0.144. The highest BCUT2D eigenvalue weighted by Crippen LogP contribution is 2.18. The summed E-state index contributed by atoms with van der Waals surface area (Å²) in [6.07, 6.45) is 4.00.